The number of ether oxygens (including phenoxy) is 3. The molecular weight excluding hydrogens is 656 g/mol. The molecule has 2 saturated heterocycles. The van der Waals surface area contributed by atoms with E-state index in [4.69, 9.17) is 14.2 Å². The van der Waals surface area contributed by atoms with E-state index in [2.05, 4.69) is 32.8 Å². The molecule has 4 heterocycles. The summed E-state index contributed by atoms with van der Waals surface area (Å²) in [5.41, 5.74) is -3.96. The summed E-state index contributed by atoms with van der Waals surface area (Å²) in [6, 6.07) is 7.38. The zero-order valence-electron chi connectivity index (χ0n) is 26.7. The lowest BCUT2D eigenvalue weighted by atomic mass is 10.1. The number of imidazole rings is 1. The first-order chi connectivity index (χ1) is 22.7. The van der Waals surface area contributed by atoms with Crippen molar-refractivity contribution in [3.63, 3.8) is 0 Å². The first-order valence-corrected chi connectivity index (χ1v) is 16.0. The van der Waals surface area contributed by atoms with Crippen LogP contribution in [0.2, 0.25) is 0 Å². The third-order valence-electron chi connectivity index (χ3n) is 7.28. The van der Waals surface area contributed by atoms with Crippen LogP contribution in [0.4, 0.5) is 33.7 Å². The predicted octanol–water partition coefficient (Wildman–Crippen LogP) is 5.31. The molecule has 0 saturated carbocycles. The number of carbonyl (C=O) groups is 2. The van der Waals surface area contributed by atoms with Crippen molar-refractivity contribution >= 4 is 40.8 Å². The van der Waals surface area contributed by atoms with E-state index in [0.717, 1.165) is 0 Å². The Kier molecular flexibility index (Phi) is 10.5. The van der Waals surface area contributed by atoms with Gasteiger partial charge in [-0.05, 0) is 63.4 Å². The maximum atomic E-state index is 14.4. The van der Waals surface area contributed by atoms with Gasteiger partial charge >= 0.3 is 11.6 Å². The number of alkyl halides is 4. The number of benzene rings is 1. The number of likely N-dealkylation sites (tertiary alicyclic amines) is 1. The standard InChI is InChI=1S/C32H36F4N6O5S/c1-31(2,3)47-30(44)41-16-20(17-41)46-26-15-19(28(43)37-4)9-10-23(26)38-12-5-7-25-29(48-32(34,35)36)42-13-6-8-24(27(42)40-25)39-22-11-14-45-18-21(22)33/h6,8-10,13,15,20-22,38-39H,11-12,14,16-18H2,1-4H3,(H,37,43)/t21-,22+/m0/s1. The molecule has 2 aliphatic heterocycles. The summed E-state index contributed by atoms with van der Waals surface area (Å²) >= 11 is -0.336. The van der Waals surface area contributed by atoms with E-state index in [-0.39, 0.29) is 66.4 Å². The summed E-state index contributed by atoms with van der Waals surface area (Å²) in [6.07, 6.45) is -0.256. The van der Waals surface area contributed by atoms with Gasteiger partial charge in [0.2, 0.25) is 0 Å². The lowest BCUT2D eigenvalue weighted by molar-refractivity contribution is -0.0330. The Hall–Kier alpha value is -4.36. The molecule has 0 radical (unpaired) electrons. The maximum Gasteiger partial charge on any atom is 0.447 e. The van der Waals surface area contributed by atoms with Crippen LogP contribution in [0.1, 0.15) is 43.2 Å². The fourth-order valence-electron chi connectivity index (χ4n) is 5.00. The topological polar surface area (TPSA) is 118 Å². The lowest BCUT2D eigenvalue weighted by Crippen LogP contribution is -2.57. The number of nitrogens with one attached hydrogen (secondary N) is 3. The van der Waals surface area contributed by atoms with Crippen molar-refractivity contribution in [3.05, 3.63) is 47.8 Å². The number of hydrogen-bond acceptors (Lipinski definition) is 9. The number of fused-ring (bicyclic) bond motifs is 1. The highest BCUT2D eigenvalue weighted by Crippen LogP contribution is 2.40. The Labute approximate surface area is 279 Å². The predicted molar refractivity (Wildman–Crippen MR) is 172 cm³/mol. The lowest BCUT2D eigenvalue weighted by Gasteiger charge is -2.39. The van der Waals surface area contributed by atoms with Gasteiger partial charge in [-0.2, -0.15) is 13.2 Å². The Morgan fingerprint density at radius 2 is 1.94 bits per heavy atom. The summed E-state index contributed by atoms with van der Waals surface area (Å²) in [5, 5.41) is 8.50. The second-order valence-corrected chi connectivity index (χ2v) is 13.2. The van der Waals surface area contributed by atoms with Crippen molar-refractivity contribution in [1.29, 1.82) is 0 Å². The molecule has 48 heavy (non-hydrogen) atoms. The molecule has 258 valence electrons. The Morgan fingerprint density at radius 1 is 1.17 bits per heavy atom. The van der Waals surface area contributed by atoms with Crippen LogP contribution < -0.4 is 20.7 Å². The average molecular weight is 693 g/mol. The van der Waals surface area contributed by atoms with Gasteiger partial charge in [-0.15, -0.1) is 0 Å². The summed E-state index contributed by atoms with van der Waals surface area (Å²) in [6.45, 7) is 6.18. The molecule has 11 nitrogen and oxygen atoms in total. The average Bonchev–Trinajstić information content (AvgIpc) is 3.33. The van der Waals surface area contributed by atoms with Gasteiger partial charge in [-0.25, -0.2) is 14.2 Å². The number of amides is 2. The van der Waals surface area contributed by atoms with Gasteiger partial charge < -0.3 is 35.1 Å². The van der Waals surface area contributed by atoms with Gasteiger partial charge in [0.15, 0.2) is 5.65 Å². The fraction of sp³-hybridized carbons (Fsp3) is 0.469. The minimum atomic E-state index is -4.61. The van der Waals surface area contributed by atoms with Crippen LogP contribution in [0.5, 0.6) is 5.75 Å². The normalized spacial score (nSPS) is 18.4. The monoisotopic (exact) mass is 692 g/mol. The molecular formula is C32H36F4N6O5S. The number of rotatable bonds is 8. The highest BCUT2D eigenvalue weighted by Gasteiger charge is 2.36. The fourth-order valence-corrected chi connectivity index (χ4v) is 5.66. The van der Waals surface area contributed by atoms with Crippen molar-refractivity contribution in [2.75, 3.05) is 50.5 Å². The van der Waals surface area contributed by atoms with Gasteiger partial charge in [0.05, 0.1) is 43.7 Å². The minimum Gasteiger partial charge on any atom is -0.485 e. The van der Waals surface area contributed by atoms with Crippen LogP contribution in [0.25, 0.3) is 5.65 Å². The van der Waals surface area contributed by atoms with Crippen molar-refractivity contribution in [2.24, 2.45) is 0 Å². The molecule has 2 aromatic heterocycles. The smallest absolute Gasteiger partial charge is 0.447 e. The van der Waals surface area contributed by atoms with Gasteiger partial charge in [0, 0.05) is 37.2 Å². The van der Waals surface area contributed by atoms with Crippen molar-refractivity contribution in [1.82, 2.24) is 19.6 Å². The van der Waals surface area contributed by atoms with Crippen molar-refractivity contribution in [3.8, 4) is 17.6 Å². The third kappa shape index (κ3) is 8.75. The minimum absolute atomic E-state index is 0.00884. The highest BCUT2D eigenvalue weighted by atomic mass is 32.2. The number of carbonyl (C=O) groups excluding carboxylic acids is 2. The summed E-state index contributed by atoms with van der Waals surface area (Å²) in [7, 11) is 1.50. The van der Waals surface area contributed by atoms with E-state index in [1.54, 1.807) is 51.1 Å². The molecule has 1 aromatic carbocycles. The molecule has 5 rings (SSSR count). The Morgan fingerprint density at radius 3 is 2.62 bits per heavy atom. The largest absolute Gasteiger partial charge is 0.485 e. The number of pyridine rings is 1. The van der Waals surface area contributed by atoms with Crippen molar-refractivity contribution in [2.45, 2.75) is 61.6 Å². The Bertz CT molecular complexity index is 1710. The zero-order chi connectivity index (χ0) is 34.6. The molecule has 3 aromatic rings. The molecule has 3 N–H and O–H groups in total. The summed E-state index contributed by atoms with van der Waals surface area (Å²) in [4.78, 5) is 30.5. The molecule has 0 aliphatic carbocycles. The van der Waals surface area contributed by atoms with Crippen LogP contribution in [-0.4, -0.2) is 95.6 Å². The first kappa shape index (κ1) is 35.0. The van der Waals surface area contributed by atoms with Crippen LogP contribution in [0.15, 0.2) is 41.6 Å². The molecule has 2 aliphatic rings. The van der Waals surface area contributed by atoms with E-state index >= 15 is 0 Å². The quantitative estimate of drug-likeness (QED) is 0.164. The number of anilines is 2. The number of halogens is 4. The molecule has 2 fully saturated rings. The first-order valence-electron chi connectivity index (χ1n) is 15.2. The molecule has 16 heteroatoms. The van der Waals surface area contributed by atoms with E-state index in [1.807, 2.05) is 0 Å². The highest BCUT2D eigenvalue weighted by molar-refractivity contribution is 8.00. The van der Waals surface area contributed by atoms with E-state index in [1.165, 1.54) is 22.5 Å². The molecule has 2 amide bonds. The third-order valence-corrected chi connectivity index (χ3v) is 8.10. The van der Waals surface area contributed by atoms with E-state index in [9.17, 15) is 27.2 Å². The molecule has 0 spiro atoms. The summed E-state index contributed by atoms with van der Waals surface area (Å²) < 4.78 is 73.2. The molecule has 2 atom stereocenters. The second kappa shape index (κ2) is 14.4. The SMILES string of the molecule is CNC(=O)c1ccc(NCC#Cc2nc3c(N[C@@H]4CCOC[C@@H]4F)cccn3c2SC(F)(F)F)c(OC2CN(C(=O)OC(C)(C)C)C2)c1. The maximum absolute atomic E-state index is 14.4. The van der Waals surface area contributed by atoms with Gasteiger partial charge in [-0.1, -0.05) is 5.92 Å². The summed E-state index contributed by atoms with van der Waals surface area (Å²) in [5.74, 6) is 5.58. The number of nitrogens with zero attached hydrogens (tertiary/aromatic N) is 3. The molecule has 0 unspecified atom stereocenters. The molecule has 0 bridgehead atoms. The van der Waals surface area contributed by atoms with Crippen LogP contribution in [0, 0.1) is 11.8 Å². The zero-order valence-corrected chi connectivity index (χ0v) is 27.6. The second-order valence-electron chi connectivity index (χ2n) is 12.1. The van der Waals surface area contributed by atoms with E-state index < -0.39 is 29.4 Å². The van der Waals surface area contributed by atoms with Gasteiger partial charge in [0.25, 0.3) is 5.91 Å². The van der Waals surface area contributed by atoms with Crippen molar-refractivity contribution < 1.29 is 41.4 Å². The van der Waals surface area contributed by atoms with Crippen LogP contribution in [-0.2, 0) is 9.47 Å². The van der Waals surface area contributed by atoms with Gasteiger partial charge in [0.1, 0.15) is 34.3 Å². The number of hydrogen-bond donors (Lipinski definition) is 3. The Balaban J connectivity index is 1.34. The van der Waals surface area contributed by atoms with E-state index in [0.29, 0.717) is 35.7 Å². The number of aromatic nitrogens is 2. The van der Waals surface area contributed by atoms with Crippen LogP contribution >= 0.6 is 11.8 Å². The van der Waals surface area contributed by atoms with Crippen LogP contribution in [0.3, 0.4) is 0 Å². The van der Waals surface area contributed by atoms with Gasteiger partial charge in [-0.3, -0.25) is 9.20 Å². The number of thioether (sulfide) groups is 1.